The molecule has 128 valence electrons. The zero-order chi connectivity index (χ0) is 15.8. The minimum absolute atomic E-state index is 0. The summed E-state index contributed by atoms with van der Waals surface area (Å²) in [6.07, 6.45) is -5.38. The summed E-state index contributed by atoms with van der Waals surface area (Å²) in [5.74, 6) is -2.66. The van der Waals surface area contributed by atoms with Crippen LogP contribution in [0.15, 0.2) is 0 Å². The van der Waals surface area contributed by atoms with E-state index in [9.17, 15) is 24.4 Å². The molecule has 1 heterocycles. The van der Waals surface area contributed by atoms with Gasteiger partial charge in [0.05, 0.1) is 6.61 Å². The van der Waals surface area contributed by atoms with E-state index in [-0.39, 0.29) is 17.1 Å². The van der Waals surface area contributed by atoms with E-state index < -0.39 is 53.0 Å². The molecule has 0 amide bonds. The van der Waals surface area contributed by atoms with Crippen LogP contribution in [0.2, 0.25) is 0 Å². The quantitative estimate of drug-likeness (QED) is 0.177. The van der Waals surface area contributed by atoms with Crippen molar-refractivity contribution in [3.63, 3.8) is 0 Å². The smallest absolute Gasteiger partial charge is 0.387 e. The van der Waals surface area contributed by atoms with Crippen LogP contribution in [-0.2, 0) is 40.0 Å². The first-order valence-electron chi connectivity index (χ1n) is 5.00. The second-order valence-corrected chi connectivity index (χ2v) is 6.47. The van der Waals surface area contributed by atoms with Crippen molar-refractivity contribution in [2.75, 3.05) is 13.2 Å². The summed E-state index contributed by atoms with van der Waals surface area (Å²) in [6.45, 7) is -2.05. The van der Waals surface area contributed by atoms with Crippen molar-refractivity contribution in [1.82, 2.24) is 0 Å². The molecule has 0 aliphatic carbocycles. The van der Waals surface area contributed by atoms with E-state index in [4.69, 9.17) is 19.6 Å². The van der Waals surface area contributed by atoms with Gasteiger partial charge in [-0.15, -0.1) is 0 Å². The van der Waals surface area contributed by atoms with Crippen LogP contribution in [0.3, 0.4) is 0 Å². The zero-order valence-corrected chi connectivity index (χ0v) is 13.0. The van der Waals surface area contributed by atoms with E-state index in [1.54, 1.807) is 0 Å². The monoisotopic (exact) mass is 396 g/mol. The predicted octanol–water partition coefficient (Wildman–Crippen LogP) is -2.99. The molecule has 1 aliphatic rings. The van der Waals surface area contributed by atoms with Gasteiger partial charge in [0.1, 0.15) is 24.9 Å². The van der Waals surface area contributed by atoms with Crippen LogP contribution in [-0.4, -0.2) is 72.2 Å². The molecule has 0 aromatic carbocycles. The van der Waals surface area contributed by atoms with Crippen molar-refractivity contribution in [1.29, 1.82) is 0 Å². The molecule has 21 heavy (non-hydrogen) atoms. The molecule has 1 rings (SSSR count). The normalized spacial score (nSPS) is 33.8. The fourth-order valence-corrected chi connectivity index (χ4v) is 2.17. The Labute approximate surface area is 128 Å². The second-order valence-electron chi connectivity index (χ2n) is 3.99. The number of ether oxygens (including phenoxy) is 1. The van der Waals surface area contributed by atoms with Gasteiger partial charge in [0.25, 0.3) is 0 Å². The first-order chi connectivity index (χ1) is 8.84. The predicted molar refractivity (Wildman–Crippen MR) is 57.8 cm³/mol. The third kappa shape index (κ3) is 6.69. The maximum atomic E-state index is 10.5. The van der Waals surface area contributed by atoms with E-state index in [2.05, 4.69) is 13.8 Å². The van der Waals surface area contributed by atoms with E-state index in [1.807, 2.05) is 0 Å². The van der Waals surface area contributed by atoms with E-state index in [1.165, 1.54) is 0 Å². The fraction of sp³-hybridized carbons (Fsp3) is 1.00. The molecule has 0 saturated carbocycles. The van der Waals surface area contributed by atoms with Gasteiger partial charge in [-0.2, -0.15) is 0 Å². The first kappa shape index (κ1) is 21.6. The molecule has 12 nitrogen and oxygen atoms in total. The largest absolute Gasteiger partial charge is 0.469 e. The van der Waals surface area contributed by atoms with E-state index >= 15 is 0 Å². The summed E-state index contributed by atoms with van der Waals surface area (Å²) in [7, 11) is -9.82. The maximum absolute atomic E-state index is 10.5. The molecule has 0 spiro atoms. The Bertz CT molecular complexity index is 433. The molecule has 4 atom stereocenters. The average molecular weight is 396 g/mol. The summed E-state index contributed by atoms with van der Waals surface area (Å²) >= 11 is 0. The van der Waals surface area contributed by atoms with Gasteiger partial charge in [0.15, 0.2) is 0 Å². The summed E-state index contributed by atoms with van der Waals surface area (Å²) in [5, 5.41) is 28.8. The van der Waals surface area contributed by atoms with E-state index in [0.717, 1.165) is 0 Å². The van der Waals surface area contributed by atoms with Crippen molar-refractivity contribution < 1.29 is 74.9 Å². The summed E-state index contributed by atoms with van der Waals surface area (Å²) < 4.78 is 33.6. The zero-order valence-electron chi connectivity index (χ0n) is 10.1. The molecule has 0 bridgehead atoms. The van der Waals surface area contributed by atoms with Crippen LogP contribution in [0.5, 0.6) is 0 Å². The molecule has 15 heteroatoms. The van der Waals surface area contributed by atoms with Crippen molar-refractivity contribution in [3.05, 3.63) is 0 Å². The van der Waals surface area contributed by atoms with Crippen molar-refractivity contribution in [2.45, 2.75) is 24.1 Å². The Morgan fingerprint density at radius 3 is 1.95 bits per heavy atom. The minimum atomic E-state index is -4.96. The molecular weight excluding hydrogens is 382 g/mol. The van der Waals surface area contributed by atoms with E-state index in [0.29, 0.717) is 0 Å². The van der Waals surface area contributed by atoms with Crippen molar-refractivity contribution >= 4 is 15.6 Å². The number of aliphatic hydroxyl groups excluding tert-OH is 2. The average Bonchev–Trinajstić information content (AvgIpc) is 2.48. The topological polar surface area (TPSA) is 203 Å². The molecule has 0 aromatic rings. The van der Waals surface area contributed by atoms with Gasteiger partial charge >= 0.3 is 15.6 Å². The number of rotatable bonds is 6. The first-order valence-corrected chi connectivity index (χ1v) is 8.07. The summed E-state index contributed by atoms with van der Waals surface area (Å²) in [6, 6.07) is 0. The molecule has 1 fully saturated rings. The third-order valence-corrected chi connectivity index (χ3v) is 3.32. The van der Waals surface area contributed by atoms with Crippen LogP contribution in [0.25, 0.3) is 0 Å². The van der Waals surface area contributed by atoms with Gasteiger partial charge in [0.2, 0.25) is 5.79 Å². The van der Waals surface area contributed by atoms with Crippen LogP contribution in [0.1, 0.15) is 0 Å². The Morgan fingerprint density at radius 2 is 1.52 bits per heavy atom. The molecule has 0 radical (unpaired) electrons. The number of hydrogen-bond donors (Lipinski definition) is 7. The van der Waals surface area contributed by atoms with Crippen LogP contribution in [0.4, 0.5) is 0 Å². The Balaban J connectivity index is 0.00000400. The molecule has 7 N–H and O–H groups in total. The summed E-state index contributed by atoms with van der Waals surface area (Å²) in [5.41, 5.74) is 0. The fourth-order valence-electron chi connectivity index (χ4n) is 1.47. The summed E-state index contributed by atoms with van der Waals surface area (Å²) in [4.78, 5) is 33.9. The SMILES string of the molecule is O=P(O)(O)OC[C@H]1O[C@](O)(COP(=O)(O)O)[C@@H](O)[C@@H]1O.[Fe]. The standard InChI is InChI=1S/C6H14O12P2.Fe/c7-4-3(1-16-19(10,11)12)18-6(9,5(4)8)2-17-20(13,14)15;/h3-5,7-9H,1-2H2,(H2,10,11,12)(H2,13,14,15);/t3-,4-,5+,6-;/m1./s1. The van der Waals surface area contributed by atoms with Crippen LogP contribution in [0, 0.1) is 0 Å². The molecule has 1 aliphatic heterocycles. The Hall–Kier alpha value is 0.579. The number of phosphoric ester groups is 2. The van der Waals surface area contributed by atoms with Crippen LogP contribution < -0.4 is 0 Å². The molecule has 1 saturated heterocycles. The van der Waals surface area contributed by atoms with Crippen molar-refractivity contribution in [2.24, 2.45) is 0 Å². The van der Waals surface area contributed by atoms with Crippen LogP contribution >= 0.6 is 15.6 Å². The number of hydrogen-bond acceptors (Lipinski definition) is 8. The number of phosphoric acid groups is 2. The Morgan fingerprint density at radius 1 is 1.05 bits per heavy atom. The van der Waals surface area contributed by atoms with Gasteiger partial charge in [0, 0.05) is 17.1 Å². The number of aliphatic hydroxyl groups is 3. The minimum Gasteiger partial charge on any atom is -0.387 e. The maximum Gasteiger partial charge on any atom is 0.469 e. The van der Waals surface area contributed by atoms with Gasteiger partial charge in [-0.1, -0.05) is 0 Å². The third-order valence-electron chi connectivity index (χ3n) is 2.37. The molecular formula is C6H14FeO12P2. The molecule has 0 unspecified atom stereocenters. The molecule has 0 aromatic heterocycles. The second kappa shape index (κ2) is 7.43. The Kier molecular flexibility index (Phi) is 7.64. The van der Waals surface area contributed by atoms with Gasteiger partial charge in [-0.05, 0) is 0 Å². The van der Waals surface area contributed by atoms with Gasteiger partial charge < -0.3 is 39.6 Å². The van der Waals surface area contributed by atoms with Gasteiger partial charge in [-0.25, -0.2) is 9.13 Å². The van der Waals surface area contributed by atoms with Gasteiger partial charge in [-0.3, -0.25) is 9.05 Å². The van der Waals surface area contributed by atoms with Crippen molar-refractivity contribution in [3.8, 4) is 0 Å².